The third-order valence-corrected chi connectivity index (χ3v) is 3.23. The summed E-state index contributed by atoms with van der Waals surface area (Å²) in [5.74, 6) is -0.619. The van der Waals surface area contributed by atoms with Crippen LogP contribution >= 0.6 is 15.9 Å². The predicted octanol–water partition coefficient (Wildman–Crippen LogP) is 4.65. The van der Waals surface area contributed by atoms with Crippen molar-refractivity contribution in [2.75, 3.05) is 5.32 Å². The Morgan fingerprint density at radius 3 is 2.50 bits per heavy atom. The first-order valence-electron chi connectivity index (χ1n) is 5.50. The first-order chi connectivity index (χ1) is 8.56. The molecule has 0 aliphatic rings. The van der Waals surface area contributed by atoms with Gasteiger partial charge >= 0.3 is 0 Å². The summed E-state index contributed by atoms with van der Waals surface area (Å²) in [6.07, 6.45) is 0. The van der Waals surface area contributed by atoms with Crippen LogP contribution in [0.2, 0.25) is 0 Å². The number of halogens is 3. The fourth-order valence-electron chi connectivity index (χ4n) is 1.61. The Kier molecular flexibility index (Phi) is 3.97. The molecular formula is C14H12BrF2N. The van der Waals surface area contributed by atoms with Crippen LogP contribution in [0.5, 0.6) is 0 Å². The van der Waals surface area contributed by atoms with E-state index in [1.165, 1.54) is 12.1 Å². The SMILES string of the molecule is Cc1ccc(NCc2ccc(Br)c(F)c2)c(F)c1. The van der Waals surface area contributed by atoms with Crippen LogP contribution in [0.1, 0.15) is 11.1 Å². The van der Waals surface area contributed by atoms with Crippen molar-refractivity contribution in [1.29, 1.82) is 0 Å². The molecule has 0 heterocycles. The van der Waals surface area contributed by atoms with Gasteiger partial charge in [0.1, 0.15) is 11.6 Å². The van der Waals surface area contributed by atoms with E-state index in [2.05, 4.69) is 21.2 Å². The van der Waals surface area contributed by atoms with E-state index in [0.717, 1.165) is 11.1 Å². The molecule has 0 atom stereocenters. The van der Waals surface area contributed by atoms with Crippen molar-refractivity contribution in [1.82, 2.24) is 0 Å². The number of aryl methyl sites for hydroxylation is 1. The highest BCUT2D eigenvalue weighted by molar-refractivity contribution is 9.10. The molecule has 0 spiro atoms. The number of nitrogens with one attached hydrogen (secondary N) is 1. The van der Waals surface area contributed by atoms with Crippen LogP contribution in [0, 0.1) is 18.6 Å². The molecule has 0 saturated heterocycles. The maximum absolute atomic E-state index is 13.6. The van der Waals surface area contributed by atoms with Crippen LogP contribution < -0.4 is 5.32 Å². The largest absolute Gasteiger partial charge is 0.379 e. The molecule has 2 rings (SSSR count). The Labute approximate surface area is 113 Å². The van der Waals surface area contributed by atoms with Gasteiger partial charge in [-0.05, 0) is 58.2 Å². The van der Waals surface area contributed by atoms with E-state index in [1.807, 2.05) is 13.0 Å². The molecule has 0 unspecified atom stereocenters. The lowest BCUT2D eigenvalue weighted by molar-refractivity contribution is 0.618. The van der Waals surface area contributed by atoms with Crippen LogP contribution in [0.15, 0.2) is 40.9 Å². The van der Waals surface area contributed by atoms with Gasteiger partial charge in [0, 0.05) is 6.54 Å². The van der Waals surface area contributed by atoms with E-state index in [9.17, 15) is 8.78 Å². The minimum absolute atomic E-state index is 0.299. The lowest BCUT2D eigenvalue weighted by Gasteiger charge is -2.08. The number of anilines is 1. The minimum atomic E-state index is -0.321. The quantitative estimate of drug-likeness (QED) is 0.870. The molecule has 1 nitrogen and oxygen atoms in total. The van der Waals surface area contributed by atoms with Gasteiger partial charge in [-0.1, -0.05) is 12.1 Å². The fourth-order valence-corrected chi connectivity index (χ4v) is 1.86. The molecule has 18 heavy (non-hydrogen) atoms. The molecule has 2 aromatic carbocycles. The topological polar surface area (TPSA) is 12.0 Å². The van der Waals surface area contributed by atoms with Gasteiger partial charge in [0.25, 0.3) is 0 Å². The van der Waals surface area contributed by atoms with Gasteiger partial charge in [0.15, 0.2) is 0 Å². The third kappa shape index (κ3) is 3.07. The molecule has 1 N–H and O–H groups in total. The molecule has 4 heteroatoms. The molecule has 0 saturated carbocycles. The second-order valence-corrected chi connectivity index (χ2v) is 4.94. The second kappa shape index (κ2) is 5.48. The summed E-state index contributed by atoms with van der Waals surface area (Å²) in [4.78, 5) is 0. The van der Waals surface area contributed by atoms with Crippen LogP contribution in [-0.2, 0) is 6.54 Å². The summed E-state index contributed by atoms with van der Waals surface area (Å²) < 4.78 is 27.3. The molecule has 0 aromatic heterocycles. The van der Waals surface area contributed by atoms with Gasteiger partial charge < -0.3 is 5.32 Å². The summed E-state index contributed by atoms with van der Waals surface area (Å²) in [5, 5.41) is 2.95. The first kappa shape index (κ1) is 13.0. The summed E-state index contributed by atoms with van der Waals surface area (Å²) in [6, 6.07) is 9.81. The zero-order valence-corrected chi connectivity index (χ0v) is 11.4. The average molecular weight is 312 g/mol. The Hall–Kier alpha value is -1.42. The summed E-state index contributed by atoms with van der Waals surface area (Å²) in [5.41, 5.74) is 2.05. The predicted molar refractivity (Wildman–Crippen MR) is 72.6 cm³/mol. The van der Waals surface area contributed by atoms with Crippen molar-refractivity contribution in [2.45, 2.75) is 13.5 Å². The molecule has 0 radical (unpaired) electrons. The maximum atomic E-state index is 13.6. The van der Waals surface area contributed by atoms with E-state index in [0.29, 0.717) is 16.7 Å². The second-order valence-electron chi connectivity index (χ2n) is 4.09. The standard InChI is InChI=1S/C14H12BrF2N/c1-9-2-5-14(13(17)6-9)18-8-10-3-4-11(15)12(16)7-10/h2-7,18H,8H2,1H3. The Bertz CT molecular complexity index is 570. The monoisotopic (exact) mass is 311 g/mol. The van der Waals surface area contributed by atoms with Crippen LogP contribution in [0.3, 0.4) is 0 Å². The number of rotatable bonds is 3. The zero-order chi connectivity index (χ0) is 13.1. The molecule has 0 amide bonds. The molecule has 0 aliphatic carbocycles. The molecule has 94 valence electrons. The van der Waals surface area contributed by atoms with Crippen molar-refractivity contribution < 1.29 is 8.78 Å². The van der Waals surface area contributed by atoms with Gasteiger partial charge in [0.05, 0.1) is 10.2 Å². The fraction of sp³-hybridized carbons (Fsp3) is 0.143. The van der Waals surface area contributed by atoms with E-state index >= 15 is 0 Å². The zero-order valence-electron chi connectivity index (χ0n) is 9.81. The highest BCUT2D eigenvalue weighted by Crippen LogP contribution is 2.19. The summed E-state index contributed by atoms with van der Waals surface area (Å²) in [6.45, 7) is 2.21. The van der Waals surface area contributed by atoms with Crippen molar-refractivity contribution in [3.05, 3.63) is 63.6 Å². The van der Waals surface area contributed by atoms with Crippen molar-refractivity contribution in [3.63, 3.8) is 0 Å². The molecular weight excluding hydrogens is 300 g/mol. The lowest BCUT2D eigenvalue weighted by Crippen LogP contribution is -2.02. The van der Waals surface area contributed by atoms with E-state index in [-0.39, 0.29) is 11.6 Å². The van der Waals surface area contributed by atoms with Crippen LogP contribution in [0.25, 0.3) is 0 Å². The Balaban J connectivity index is 2.09. The summed E-state index contributed by atoms with van der Waals surface area (Å²) >= 11 is 3.09. The maximum Gasteiger partial charge on any atom is 0.146 e. The van der Waals surface area contributed by atoms with Crippen molar-refractivity contribution in [3.8, 4) is 0 Å². The number of benzene rings is 2. The smallest absolute Gasteiger partial charge is 0.146 e. The minimum Gasteiger partial charge on any atom is -0.379 e. The number of hydrogen-bond acceptors (Lipinski definition) is 1. The Morgan fingerprint density at radius 1 is 1.06 bits per heavy atom. The highest BCUT2D eigenvalue weighted by atomic mass is 79.9. The average Bonchev–Trinajstić information content (AvgIpc) is 2.32. The van der Waals surface area contributed by atoms with Gasteiger partial charge in [-0.25, -0.2) is 8.78 Å². The first-order valence-corrected chi connectivity index (χ1v) is 6.29. The van der Waals surface area contributed by atoms with Crippen LogP contribution in [-0.4, -0.2) is 0 Å². The Morgan fingerprint density at radius 2 is 1.83 bits per heavy atom. The lowest BCUT2D eigenvalue weighted by atomic mass is 10.2. The number of hydrogen-bond donors (Lipinski definition) is 1. The third-order valence-electron chi connectivity index (χ3n) is 2.59. The molecule has 0 aliphatic heterocycles. The molecule has 0 bridgehead atoms. The highest BCUT2D eigenvalue weighted by Gasteiger charge is 2.03. The van der Waals surface area contributed by atoms with Gasteiger partial charge in [-0.15, -0.1) is 0 Å². The van der Waals surface area contributed by atoms with Gasteiger partial charge in [0.2, 0.25) is 0 Å². The van der Waals surface area contributed by atoms with Crippen molar-refractivity contribution in [2.24, 2.45) is 0 Å². The van der Waals surface area contributed by atoms with Crippen molar-refractivity contribution >= 4 is 21.6 Å². The van der Waals surface area contributed by atoms with E-state index in [4.69, 9.17) is 0 Å². The van der Waals surface area contributed by atoms with E-state index in [1.54, 1.807) is 18.2 Å². The molecule has 0 fully saturated rings. The summed E-state index contributed by atoms with van der Waals surface area (Å²) in [7, 11) is 0. The molecule has 2 aromatic rings. The van der Waals surface area contributed by atoms with Gasteiger partial charge in [-0.2, -0.15) is 0 Å². The normalized spacial score (nSPS) is 10.4. The van der Waals surface area contributed by atoms with Crippen LogP contribution in [0.4, 0.5) is 14.5 Å². The van der Waals surface area contributed by atoms with E-state index < -0.39 is 0 Å². The van der Waals surface area contributed by atoms with Gasteiger partial charge in [-0.3, -0.25) is 0 Å².